The van der Waals surface area contributed by atoms with Gasteiger partial charge >= 0.3 is 0 Å². The van der Waals surface area contributed by atoms with Gasteiger partial charge in [-0.1, -0.05) is 11.6 Å². The van der Waals surface area contributed by atoms with Crippen LogP contribution in [0.1, 0.15) is 12.6 Å². The summed E-state index contributed by atoms with van der Waals surface area (Å²) < 4.78 is 8.91. The number of ether oxygens (including phenoxy) is 1. The molecule has 6 nitrogen and oxygen atoms in total. The number of imidazole rings is 1. The van der Waals surface area contributed by atoms with E-state index in [4.69, 9.17) is 22.1 Å². The van der Waals surface area contributed by atoms with E-state index < -0.39 is 0 Å². The number of hydrogen-bond donors (Lipinski definition) is 1. The molecule has 2 N–H and O–H groups in total. The van der Waals surface area contributed by atoms with Crippen LogP contribution in [-0.4, -0.2) is 26.4 Å². The van der Waals surface area contributed by atoms with E-state index in [1.165, 1.54) is 0 Å². The molecule has 0 bridgehead atoms. The van der Waals surface area contributed by atoms with Crippen molar-refractivity contribution in [3.05, 3.63) is 28.9 Å². The van der Waals surface area contributed by atoms with E-state index in [1.54, 1.807) is 13.2 Å². The molecule has 3 aromatic rings. The van der Waals surface area contributed by atoms with E-state index in [0.29, 0.717) is 16.7 Å². The third-order valence-corrected chi connectivity index (χ3v) is 3.73. The van der Waals surface area contributed by atoms with Crippen molar-refractivity contribution in [2.24, 2.45) is 0 Å². The van der Waals surface area contributed by atoms with Crippen LogP contribution < -0.4 is 10.5 Å². The van der Waals surface area contributed by atoms with Crippen molar-refractivity contribution in [1.29, 1.82) is 0 Å². The Morgan fingerprint density at radius 1 is 1.38 bits per heavy atom. The molecule has 2 heterocycles. The lowest BCUT2D eigenvalue weighted by Crippen LogP contribution is -2.06. The first-order valence-corrected chi connectivity index (χ1v) is 6.99. The summed E-state index contributed by atoms with van der Waals surface area (Å²) in [7, 11) is 1.58. The molecule has 0 aliphatic rings. The Hall–Kier alpha value is -2.21. The molecule has 0 saturated carbocycles. The van der Waals surface area contributed by atoms with Gasteiger partial charge in [0.25, 0.3) is 0 Å². The minimum Gasteiger partial charge on any atom is -0.495 e. The number of aryl methyl sites for hydroxylation is 2. The summed E-state index contributed by atoms with van der Waals surface area (Å²) in [5, 5.41) is 5.00. The largest absolute Gasteiger partial charge is 0.495 e. The van der Waals surface area contributed by atoms with E-state index in [0.717, 1.165) is 29.1 Å². The third kappa shape index (κ3) is 2.03. The molecule has 7 heteroatoms. The fraction of sp³-hybridized carbons (Fsp3) is 0.286. The molecule has 1 aromatic carbocycles. The highest BCUT2D eigenvalue weighted by atomic mass is 35.5. The normalized spacial score (nSPS) is 11.2. The number of methoxy groups -OCH3 is 1. The maximum Gasteiger partial charge on any atom is 0.207 e. The second kappa shape index (κ2) is 4.96. The number of nitrogens with two attached hydrogens (primary N) is 1. The summed E-state index contributed by atoms with van der Waals surface area (Å²) in [5.41, 5.74) is 9.44. The van der Waals surface area contributed by atoms with Crippen molar-refractivity contribution >= 4 is 28.7 Å². The summed E-state index contributed by atoms with van der Waals surface area (Å²) >= 11 is 6.21. The molecule has 0 aliphatic carbocycles. The van der Waals surface area contributed by atoms with E-state index in [2.05, 4.69) is 10.1 Å². The van der Waals surface area contributed by atoms with Crippen molar-refractivity contribution < 1.29 is 4.74 Å². The van der Waals surface area contributed by atoms with Gasteiger partial charge in [-0.05, 0) is 32.0 Å². The van der Waals surface area contributed by atoms with Crippen molar-refractivity contribution in [2.45, 2.75) is 20.4 Å². The Kier molecular flexibility index (Phi) is 3.25. The summed E-state index contributed by atoms with van der Waals surface area (Å²) in [6.45, 7) is 4.69. The number of hydrogen-bond acceptors (Lipinski definition) is 4. The van der Waals surface area contributed by atoms with Crippen LogP contribution in [0.5, 0.6) is 5.75 Å². The van der Waals surface area contributed by atoms with Crippen LogP contribution in [0.15, 0.2) is 18.2 Å². The van der Waals surface area contributed by atoms with Crippen LogP contribution in [-0.2, 0) is 6.54 Å². The first-order valence-electron chi connectivity index (χ1n) is 6.62. The van der Waals surface area contributed by atoms with Gasteiger partial charge in [-0.3, -0.25) is 4.57 Å². The molecule has 0 amide bonds. The van der Waals surface area contributed by atoms with Gasteiger partial charge in [0.2, 0.25) is 5.95 Å². The van der Waals surface area contributed by atoms with E-state index >= 15 is 0 Å². The number of fused-ring (bicyclic) bond motifs is 1. The van der Waals surface area contributed by atoms with Crippen LogP contribution >= 0.6 is 11.6 Å². The Bertz CT molecular complexity index is 820. The van der Waals surface area contributed by atoms with Crippen LogP contribution in [0, 0.1) is 6.92 Å². The molecule has 0 fully saturated rings. The van der Waals surface area contributed by atoms with Crippen LogP contribution in [0.25, 0.3) is 16.9 Å². The van der Waals surface area contributed by atoms with Gasteiger partial charge in [-0.15, -0.1) is 0 Å². The number of nitrogen functional groups attached to an aromatic ring is 1. The number of rotatable bonds is 3. The summed E-state index contributed by atoms with van der Waals surface area (Å²) in [5.74, 6) is 1.03. The SMILES string of the molecule is CCn1nc(C)c2nc(N)n(-c3ccc(OC)c(Cl)c3)c21. The number of nitrogens with zero attached hydrogens (tertiary/aromatic N) is 4. The van der Waals surface area contributed by atoms with Gasteiger partial charge in [-0.2, -0.15) is 5.10 Å². The molecule has 0 radical (unpaired) electrons. The molecular formula is C14H16ClN5O. The zero-order valence-electron chi connectivity index (χ0n) is 12.1. The summed E-state index contributed by atoms with van der Waals surface area (Å²) in [6.07, 6.45) is 0. The average Bonchev–Trinajstić information content (AvgIpc) is 2.95. The number of benzene rings is 1. The fourth-order valence-electron chi connectivity index (χ4n) is 2.45. The quantitative estimate of drug-likeness (QED) is 0.807. The molecule has 0 atom stereocenters. The standard InChI is InChI=1S/C14H16ClN5O/c1-4-19-13-12(8(2)18-19)17-14(16)20(13)9-5-6-11(21-3)10(15)7-9/h5-7H,4H2,1-3H3,(H2,16,17). The predicted octanol–water partition coefficient (Wildman–Crippen LogP) is 2.79. The smallest absolute Gasteiger partial charge is 0.207 e. The van der Waals surface area contributed by atoms with Gasteiger partial charge in [0.15, 0.2) is 5.65 Å². The van der Waals surface area contributed by atoms with Gasteiger partial charge in [0.1, 0.15) is 11.3 Å². The minimum absolute atomic E-state index is 0.411. The lowest BCUT2D eigenvalue weighted by atomic mass is 10.3. The molecule has 110 valence electrons. The first kappa shape index (κ1) is 13.8. The monoisotopic (exact) mass is 305 g/mol. The summed E-state index contributed by atoms with van der Waals surface area (Å²) in [4.78, 5) is 4.41. The lowest BCUT2D eigenvalue weighted by molar-refractivity contribution is 0.415. The second-order valence-corrected chi connectivity index (χ2v) is 5.10. The highest BCUT2D eigenvalue weighted by Crippen LogP contribution is 2.30. The number of halogens is 1. The molecule has 0 aliphatic heterocycles. The second-order valence-electron chi connectivity index (χ2n) is 4.70. The van der Waals surface area contributed by atoms with Crippen molar-refractivity contribution in [3.63, 3.8) is 0 Å². The molecule has 2 aromatic heterocycles. The van der Waals surface area contributed by atoms with Crippen LogP contribution in [0.2, 0.25) is 5.02 Å². The lowest BCUT2D eigenvalue weighted by Gasteiger charge is -2.10. The van der Waals surface area contributed by atoms with E-state index in [-0.39, 0.29) is 0 Å². The Morgan fingerprint density at radius 2 is 2.14 bits per heavy atom. The Morgan fingerprint density at radius 3 is 2.76 bits per heavy atom. The molecule has 0 saturated heterocycles. The van der Waals surface area contributed by atoms with E-state index in [1.807, 2.05) is 35.2 Å². The van der Waals surface area contributed by atoms with Crippen molar-refractivity contribution in [2.75, 3.05) is 12.8 Å². The Balaban J connectivity index is 2.29. The molecule has 0 spiro atoms. The summed E-state index contributed by atoms with van der Waals surface area (Å²) in [6, 6.07) is 5.51. The van der Waals surface area contributed by atoms with Gasteiger partial charge in [-0.25, -0.2) is 9.67 Å². The highest BCUT2D eigenvalue weighted by molar-refractivity contribution is 6.32. The van der Waals surface area contributed by atoms with Gasteiger partial charge in [0, 0.05) is 6.54 Å². The molecular weight excluding hydrogens is 290 g/mol. The van der Waals surface area contributed by atoms with Crippen LogP contribution in [0.3, 0.4) is 0 Å². The molecule has 0 unspecified atom stereocenters. The first-order chi connectivity index (χ1) is 10.1. The Labute approximate surface area is 127 Å². The zero-order valence-corrected chi connectivity index (χ0v) is 12.8. The van der Waals surface area contributed by atoms with Gasteiger partial charge < -0.3 is 10.5 Å². The fourth-order valence-corrected chi connectivity index (χ4v) is 2.71. The maximum atomic E-state index is 6.21. The zero-order chi connectivity index (χ0) is 15.1. The maximum absolute atomic E-state index is 6.21. The number of aromatic nitrogens is 4. The third-order valence-electron chi connectivity index (χ3n) is 3.43. The van der Waals surface area contributed by atoms with Gasteiger partial charge in [0.05, 0.1) is 23.5 Å². The topological polar surface area (TPSA) is 70.9 Å². The van der Waals surface area contributed by atoms with E-state index in [9.17, 15) is 0 Å². The average molecular weight is 306 g/mol. The molecule has 21 heavy (non-hydrogen) atoms. The van der Waals surface area contributed by atoms with Crippen molar-refractivity contribution in [1.82, 2.24) is 19.3 Å². The highest BCUT2D eigenvalue weighted by Gasteiger charge is 2.18. The predicted molar refractivity (Wildman–Crippen MR) is 83.2 cm³/mol. The van der Waals surface area contributed by atoms with Crippen LogP contribution in [0.4, 0.5) is 5.95 Å². The van der Waals surface area contributed by atoms with Crippen molar-refractivity contribution in [3.8, 4) is 11.4 Å². The minimum atomic E-state index is 0.411. The number of anilines is 1. The molecule has 3 rings (SSSR count).